The number of carbonyl (C=O) groups excluding carboxylic acids is 1. The van der Waals surface area contributed by atoms with Gasteiger partial charge in [-0.3, -0.25) is 4.79 Å². The number of carbonyl (C=O) groups is 1. The zero-order chi connectivity index (χ0) is 13.7. The van der Waals surface area contributed by atoms with Crippen molar-refractivity contribution in [2.24, 2.45) is 0 Å². The smallest absolute Gasteiger partial charge is 0.445 e. The van der Waals surface area contributed by atoms with Gasteiger partial charge in [0.15, 0.2) is 0 Å². The first-order valence-corrected chi connectivity index (χ1v) is 5.76. The normalized spacial score (nSPS) is 16.8. The molecule has 1 aliphatic rings. The fourth-order valence-electron chi connectivity index (χ4n) is 2.64. The molecule has 0 saturated carbocycles. The van der Waals surface area contributed by atoms with Crippen LogP contribution in [0.15, 0.2) is 18.2 Å². The third kappa shape index (κ3) is 3.27. The van der Waals surface area contributed by atoms with Crippen LogP contribution in [-0.2, 0) is 11.2 Å². The Hall–Kier alpha value is 0.181. The summed E-state index contributed by atoms with van der Waals surface area (Å²) in [5, 5.41) is 0. The Morgan fingerprint density at radius 2 is 1.89 bits per heavy atom. The number of rotatable bonds is 1. The van der Waals surface area contributed by atoms with E-state index in [9.17, 15) is 17.7 Å². The first-order chi connectivity index (χ1) is 8.13. The average molecular weight is 295 g/mol. The van der Waals surface area contributed by atoms with E-state index >= 15 is 0 Å². The van der Waals surface area contributed by atoms with Crippen molar-refractivity contribution in [3.63, 3.8) is 0 Å². The molecule has 0 fully saturated rings. The number of benzene rings is 1. The van der Waals surface area contributed by atoms with Crippen LogP contribution < -0.4 is 61.7 Å². The van der Waals surface area contributed by atoms with Crippen molar-refractivity contribution in [1.82, 2.24) is 0 Å². The number of hydrogen-bond acceptors (Lipinski definition) is 1. The van der Waals surface area contributed by atoms with Crippen molar-refractivity contribution in [2.45, 2.75) is 32.7 Å². The van der Waals surface area contributed by atoms with Crippen molar-refractivity contribution >= 4 is 24.0 Å². The van der Waals surface area contributed by atoms with E-state index in [2.05, 4.69) is 0 Å². The van der Waals surface area contributed by atoms with Gasteiger partial charge in [0.1, 0.15) is 0 Å². The third-order valence-corrected chi connectivity index (χ3v) is 3.27. The molecule has 1 amide bonds. The van der Waals surface area contributed by atoms with Gasteiger partial charge in [-0.05, 0) is 31.9 Å². The van der Waals surface area contributed by atoms with E-state index in [1.807, 2.05) is 13.8 Å². The first kappa shape index (κ1) is 17.2. The largest absolute Gasteiger partial charge is 1.00 e. The van der Waals surface area contributed by atoms with Crippen LogP contribution in [0, 0.1) is 0 Å². The molecule has 0 unspecified atom stereocenters. The first-order valence-electron chi connectivity index (χ1n) is 5.76. The number of hydrogen-bond donors (Lipinski definition) is 0. The molecule has 0 saturated heterocycles. The Kier molecular flexibility index (Phi) is 5.01. The minimum absolute atomic E-state index is 0. The summed E-state index contributed by atoms with van der Waals surface area (Å²) in [5.41, 5.74) is 0.115. The summed E-state index contributed by atoms with van der Waals surface area (Å²) in [6.45, 7) is 0.149. The van der Waals surface area contributed by atoms with Crippen molar-refractivity contribution in [3.8, 4) is 0 Å². The van der Waals surface area contributed by atoms with Crippen molar-refractivity contribution in [1.29, 1.82) is 0 Å². The summed E-state index contributed by atoms with van der Waals surface area (Å²) < 4.78 is 38.1. The number of fused-ring (bicyclic) bond motifs is 1. The van der Waals surface area contributed by atoms with E-state index in [4.69, 9.17) is 0 Å². The fraction of sp³-hybridized carbons (Fsp3) is 0.417. The van der Waals surface area contributed by atoms with Gasteiger partial charge in [0.05, 0.1) is 0 Å². The van der Waals surface area contributed by atoms with Gasteiger partial charge in [0.2, 0.25) is 5.91 Å². The maximum Gasteiger partial charge on any atom is 1.00 e. The molecule has 0 spiro atoms. The van der Waals surface area contributed by atoms with E-state index in [1.165, 1.54) is 19.1 Å². The second-order valence-corrected chi connectivity index (χ2v) is 5.31. The second kappa shape index (κ2) is 5.52. The molecule has 2 rings (SSSR count). The van der Waals surface area contributed by atoms with Crippen molar-refractivity contribution in [2.75, 3.05) is 4.90 Å². The van der Waals surface area contributed by atoms with Crippen LogP contribution in [0.5, 0.6) is 0 Å². The molecule has 1 aromatic rings. The van der Waals surface area contributed by atoms with Crippen LogP contribution in [-0.4, -0.2) is 18.4 Å². The molecule has 0 radical (unpaired) electrons. The molecule has 0 aliphatic carbocycles. The summed E-state index contributed by atoms with van der Waals surface area (Å²) in [7, 11) is 0. The van der Waals surface area contributed by atoms with E-state index in [0.717, 1.165) is 6.07 Å². The van der Waals surface area contributed by atoms with Crippen LogP contribution in [0.4, 0.5) is 18.6 Å². The third-order valence-electron chi connectivity index (χ3n) is 3.27. The zero-order valence-electron chi connectivity index (χ0n) is 11.5. The molecule has 0 N–H and O–H groups in total. The molecule has 1 heterocycles. The Morgan fingerprint density at radius 1 is 1.32 bits per heavy atom. The summed E-state index contributed by atoms with van der Waals surface area (Å²) in [5.74, 6) is -0.149. The van der Waals surface area contributed by atoms with E-state index in [-0.39, 0.29) is 57.3 Å². The summed E-state index contributed by atoms with van der Waals surface area (Å²) in [6, 6.07) is 3.62. The standard InChI is InChI=1S/C12H14BF3NO.K/c1-8(18)17-11-5-4-10(13(14,15)16)6-9(11)7-12(17,2)3;/h4-6H,7H2,1-3H3;/q-1;+1. The number of anilines is 1. The zero-order valence-corrected chi connectivity index (χ0v) is 14.6. The van der Waals surface area contributed by atoms with Crippen LogP contribution in [0.1, 0.15) is 26.3 Å². The predicted molar refractivity (Wildman–Crippen MR) is 66.1 cm³/mol. The number of nitrogens with zero attached hydrogens (tertiary/aromatic N) is 1. The summed E-state index contributed by atoms with van der Waals surface area (Å²) in [4.78, 5) is 13.2. The molecular formula is C12H14BF3KNO. The Balaban J connectivity index is 0.00000180. The molecular weight excluding hydrogens is 281 g/mol. The molecule has 1 aromatic carbocycles. The molecule has 0 bridgehead atoms. The summed E-state index contributed by atoms with van der Waals surface area (Å²) in [6.07, 6.45) is 0.446. The Labute approximate surface area is 153 Å². The average Bonchev–Trinajstić information content (AvgIpc) is 2.44. The monoisotopic (exact) mass is 295 g/mol. The van der Waals surface area contributed by atoms with Gasteiger partial charge in [-0.25, -0.2) is 0 Å². The molecule has 7 heteroatoms. The fourth-order valence-corrected chi connectivity index (χ4v) is 2.64. The van der Waals surface area contributed by atoms with Crippen LogP contribution in [0.2, 0.25) is 0 Å². The molecule has 0 aromatic heterocycles. The second-order valence-electron chi connectivity index (χ2n) is 5.31. The molecule has 1 aliphatic heterocycles. The van der Waals surface area contributed by atoms with Gasteiger partial charge in [-0.1, -0.05) is 12.1 Å². The Morgan fingerprint density at radius 3 is 2.37 bits per heavy atom. The number of amides is 1. The van der Waals surface area contributed by atoms with Gasteiger partial charge < -0.3 is 17.8 Å². The minimum Gasteiger partial charge on any atom is -0.445 e. The number of halogens is 3. The van der Waals surface area contributed by atoms with Gasteiger partial charge in [-0.2, -0.15) is 0 Å². The minimum atomic E-state index is -4.99. The molecule has 19 heavy (non-hydrogen) atoms. The predicted octanol–water partition coefficient (Wildman–Crippen LogP) is -0.567. The van der Waals surface area contributed by atoms with Gasteiger partial charge in [0, 0.05) is 18.2 Å². The van der Waals surface area contributed by atoms with Gasteiger partial charge in [-0.15, -0.1) is 5.46 Å². The van der Waals surface area contributed by atoms with Gasteiger partial charge >= 0.3 is 58.4 Å². The maximum atomic E-state index is 12.7. The quantitative estimate of drug-likeness (QED) is 0.636. The van der Waals surface area contributed by atoms with E-state index < -0.39 is 18.0 Å². The van der Waals surface area contributed by atoms with Crippen LogP contribution in [0.3, 0.4) is 0 Å². The van der Waals surface area contributed by atoms with E-state index in [1.54, 1.807) is 4.90 Å². The van der Waals surface area contributed by atoms with E-state index in [0.29, 0.717) is 17.7 Å². The van der Waals surface area contributed by atoms with Crippen molar-refractivity contribution < 1.29 is 69.1 Å². The van der Waals surface area contributed by atoms with Crippen molar-refractivity contribution in [3.05, 3.63) is 23.8 Å². The topological polar surface area (TPSA) is 20.3 Å². The van der Waals surface area contributed by atoms with Crippen LogP contribution >= 0.6 is 0 Å². The van der Waals surface area contributed by atoms with Gasteiger partial charge in [0.25, 0.3) is 0 Å². The molecule has 98 valence electrons. The summed E-state index contributed by atoms with van der Waals surface area (Å²) >= 11 is 0. The molecule has 2 nitrogen and oxygen atoms in total. The van der Waals surface area contributed by atoms with Crippen LogP contribution in [0.25, 0.3) is 0 Å². The maximum absolute atomic E-state index is 12.7. The Bertz CT molecular complexity index is 516. The molecule has 0 atom stereocenters. The SMILES string of the molecule is CC(=O)N1c2ccc([B-](F)(F)F)cc2CC1(C)C.[K+].